The summed E-state index contributed by atoms with van der Waals surface area (Å²) in [5.74, 6) is -0.535. The number of carbonyl (C=O) groups is 1. The summed E-state index contributed by atoms with van der Waals surface area (Å²) in [5.41, 5.74) is 0.918. The predicted molar refractivity (Wildman–Crippen MR) is 105 cm³/mol. The van der Waals surface area contributed by atoms with Crippen LogP contribution in [0, 0.1) is 5.82 Å². The first-order valence-electron chi connectivity index (χ1n) is 9.45. The molecule has 1 heterocycles. The maximum absolute atomic E-state index is 13.3. The minimum atomic E-state index is -1.07. The number of likely N-dealkylation sites (tertiary alicyclic amines) is 1. The molecule has 0 radical (unpaired) electrons. The van der Waals surface area contributed by atoms with E-state index in [9.17, 15) is 14.3 Å². The number of piperidine rings is 1. The third kappa shape index (κ3) is 4.76. The van der Waals surface area contributed by atoms with Crippen molar-refractivity contribution in [1.82, 2.24) is 10.2 Å². The summed E-state index contributed by atoms with van der Waals surface area (Å²) in [6.45, 7) is 2.94. The molecule has 150 valence electrons. The number of amides is 1. The van der Waals surface area contributed by atoms with Crippen LogP contribution in [0.1, 0.15) is 30.5 Å². The molecular weight excluding hydrogens is 359 g/mol. The van der Waals surface area contributed by atoms with Gasteiger partial charge in [-0.25, -0.2) is 4.39 Å². The van der Waals surface area contributed by atoms with Crippen molar-refractivity contribution in [3.8, 4) is 0 Å². The van der Waals surface area contributed by atoms with E-state index in [4.69, 9.17) is 4.74 Å². The second kappa shape index (κ2) is 8.82. The third-order valence-electron chi connectivity index (χ3n) is 5.32. The van der Waals surface area contributed by atoms with Gasteiger partial charge in [0.2, 0.25) is 5.91 Å². The van der Waals surface area contributed by atoms with Crippen molar-refractivity contribution < 1.29 is 19.0 Å². The van der Waals surface area contributed by atoms with Crippen molar-refractivity contribution in [2.75, 3.05) is 20.3 Å². The minimum Gasteiger partial charge on any atom is -0.388 e. The third-order valence-corrected chi connectivity index (χ3v) is 5.32. The lowest BCUT2D eigenvalue weighted by molar-refractivity contribution is -0.132. The van der Waals surface area contributed by atoms with Gasteiger partial charge in [0.1, 0.15) is 12.4 Å². The van der Waals surface area contributed by atoms with E-state index in [0.29, 0.717) is 19.5 Å². The average Bonchev–Trinajstić information content (AvgIpc) is 2.67. The van der Waals surface area contributed by atoms with Gasteiger partial charge in [-0.1, -0.05) is 42.5 Å². The minimum absolute atomic E-state index is 0.0634. The Morgan fingerprint density at radius 2 is 1.93 bits per heavy atom. The van der Waals surface area contributed by atoms with E-state index >= 15 is 0 Å². The lowest BCUT2D eigenvalue weighted by Crippen LogP contribution is -2.62. The van der Waals surface area contributed by atoms with Crippen LogP contribution >= 0.6 is 0 Å². The van der Waals surface area contributed by atoms with Gasteiger partial charge in [0.05, 0.1) is 17.7 Å². The molecule has 1 amide bonds. The van der Waals surface area contributed by atoms with Gasteiger partial charge in [-0.05, 0) is 36.6 Å². The predicted octanol–water partition coefficient (Wildman–Crippen LogP) is 2.65. The van der Waals surface area contributed by atoms with Crippen molar-refractivity contribution in [3.63, 3.8) is 0 Å². The van der Waals surface area contributed by atoms with Crippen molar-refractivity contribution in [3.05, 3.63) is 71.5 Å². The molecule has 6 heteroatoms. The molecular formula is C22H27FN2O3. The zero-order valence-corrected chi connectivity index (χ0v) is 16.3. The molecule has 0 spiro atoms. The van der Waals surface area contributed by atoms with E-state index < -0.39 is 11.6 Å². The molecule has 0 unspecified atom stereocenters. The van der Waals surface area contributed by atoms with Crippen LogP contribution in [0.2, 0.25) is 0 Å². The van der Waals surface area contributed by atoms with Crippen LogP contribution < -0.4 is 5.32 Å². The number of hydrogen-bond acceptors (Lipinski definition) is 4. The van der Waals surface area contributed by atoms with E-state index in [1.54, 1.807) is 19.1 Å². The number of nitrogens with zero attached hydrogens (tertiary/aromatic N) is 1. The topological polar surface area (TPSA) is 61.8 Å². The maximum atomic E-state index is 13.3. The molecule has 0 bridgehead atoms. The first kappa shape index (κ1) is 20.5. The van der Waals surface area contributed by atoms with Gasteiger partial charge in [0.25, 0.3) is 0 Å². The molecule has 2 aromatic carbocycles. The highest BCUT2D eigenvalue weighted by molar-refractivity contribution is 5.77. The Balaban J connectivity index is 1.93. The Morgan fingerprint density at radius 1 is 1.25 bits per heavy atom. The van der Waals surface area contributed by atoms with Crippen LogP contribution in [-0.4, -0.2) is 47.8 Å². The summed E-state index contributed by atoms with van der Waals surface area (Å²) in [4.78, 5) is 14.5. The Hall–Kier alpha value is -2.28. The number of ether oxygens (including phenoxy) is 1. The SMILES string of the molecule is COCC(=O)N[C@H]1[C@H](c2ccccc2)N(Cc2ccc(F)cc2)CC[C@@]1(C)O. The molecule has 0 saturated carbocycles. The smallest absolute Gasteiger partial charge is 0.246 e. The molecule has 28 heavy (non-hydrogen) atoms. The number of rotatable bonds is 6. The average molecular weight is 386 g/mol. The Bertz CT molecular complexity index is 780. The maximum Gasteiger partial charge on any atom is 0.246 e. The lowest BCUT2D eigenvalue weighted by Gasteiger charge is -2.49. The summed E-state index contributed by atoms with van der Waals surface area (Å²) in [6.07, 6.45) is 0.509. The van der Waals surface area contributed by atoms with Crippen LogP contribution in [0.5, 0.6) is 0 Å². The van der Waals surface area contributed by atoms with Gasteiger partial charge in [-0.3, -0.25) is 9.69 Å². The Morgan fingerprint density at radius 3 is 2.57 bits per heavy atom. The van der Waals surface area contributed by atoms with E-state index in [-0.39, 0.29) is 24.4 Å². The number of nitrogens with one attached hydrogen (secondary N) is 1. The quantitative estimate of drug-likeness (QED) is 0.801. The molecule has 0 aromatic heterocycles. The number of benzene rings is 2. The highest BCUT2D eigenvalue weighted by Crippen LogP contribution is 2.37. The number of aliphatic hydroxyl groups is 1. The fraction of sp³-hybridized carbons (Fsp3) is 0.409. The molecule has 0 aliphatic carbocycles. The van der Waals surface area contributed by atoms with Gasteiger partial charge >= 0.3 is 0 Å². The van der Waals surface area contributed by atoms with Crippen LogP contribution in [0.25, 0.3) is 0 Å². The Kier molecular flexibility index (Phi) is 6.44. The number of carbonyl (C=O) groups excluding carboxylic acids is 1. The summed E-state index contributed by atoms with van der Waals surface area (Å²) in [6, 6.07) is 15.5. The van der Waals surface area contributed by atoms with Crippen molar-refractivity contribution in [2.24, 2.45) is 0 Å². The first-order chi connectivity index (χ1) is 13.4. The summed E-state index contributed by atoms with van der Waals surface area (Å²) >= 11 is 0. The molecule has 1 aliphatic heterocycles. The molecule has 1 saturated heterocycles. The van der Waals surface area contributed by atoms with E-state index in [1.807, 2.05) is 30.3 Å². The van der Waals surface area contributed by atoms with Crippen LogP contribution in [-0.2, 0) is 16.1 Å². The largest absolute Gasteiger partial charge is 0.388 e. The summed E-state index contributed by atoms with van der Waals surface area (Å²) in [7, 11) is 1.47. The fourth-order valence-electron chi connectivity index (χ4n) is 3.85. The summed E-state index contributed by atoms with van der Waals surface area (Å²) in [5, 5.41) is 14.0. The highest BCUT2D eigenvalue weighted by Gasteiger charge is 2.46. The Labute approximate surface area is 165 Å². The van der Waals surface area contributed by atoms with Gasteiger partial charge in [0.15, 0.2) is 0 Å². The summed E-state index contributed by atoms with van der Waals surface area (Å²) < 4.78 is 18.2. The van der Waals surface area contributed by atoms with Crippen LogP contribution in [0.15, 0.2) is 54.6 Å². The molecule has 1 aliphatic rings. The lowest BCUT2D eigenvalue weighted by atomic mass is 9.79. The zero-order valence-electron chi connectivity index (χ0n) is 16.3. The second-order valence-electron chi connectivity index (χ2n) is 7.54. The molecule has 3 atom stereocenters. The normalized spacial score (nSPS) is 25.4. The van der Waals surface area contributed by atoms with Gasteiger partial charge in [-0.15, -0.1) is 0 Å². The molecule has 3 rings (SSSR count). The molecule has 1 fully saturated rings. The highest BCUT2D eigenvalue weighted by atomic mass is 19.1. The monoisotopic (exact) mass is 386 g/mol. The first-order valence-corrected chi connectivity index (χ1v) is 9.45. The van der Waals surface area contributed by atoms with Crippen LogP contribution in [0.3, 0.4) is 0 Å². The van der Waals surface area contributed by atoms with Gasteiger partial charge in [0, 0.05) is 20.2 Å². The van der Waals surface area contributed by atoms with Gasteiger partial charge in [-0.2, -0.15) is 0 Å². The zero-order chi connectivity index (χ0) is 20.1. The number of hydrogen-bond donors (Lipinski definition) is 2. The van der Waals surface area contributed by atoms with Crippen LogP contribution in [0.4, 0.5) is 4.39 Å². The van der Waals surface area contributed by atoms with Gasteiger partial charge < -0.3 is 15.2 Å². The van der Waals surface area contributed by atoms with E-state index in [1.165, 1.54) is 19.2 Å². The van der Waals surface area contributed by atoms with Crippen molar-refractivity contribution in [2.45, 2.75) is 37.6 Å². The standard InChI is InChI=1S/C22H27FN2O3/c1-22(27)12-13-25(14-16-8-10-18(23)11-9-16)20(17-6-4-3-5-7-17)21(22)24-19(26)15-28-2/h3-11,20-21,27H,12-15H2,1-2H3,(H,24,26)/t20-,21-,22+/m0/s1. The number of halogens is 1. The molecule has 2 N–H and O–H groups in total. The van der Waals surface area contributed by atoms with Crippen molar-refractivity contribution >= 4 is 5.91 Å². The molecule has 5 nitrogen and oxygen atoms in total. The van der Waals surface area contributed by atoms with E-state index in [2.05, 4.69) is 10.2 Å². The van der Waals surface area contributed by atoms with E-state index in [0.717, 1.165) is 11.1 Å². The second-order valence-corrected chi connectivity index (χ2v) is 7.54. The van der Waals surface area contributed by atoms with Crippen molar-refractivity contribution in [1.29, 1.82) is 0 Å². The fourth-order valence-corrected chi connectivity index (χ4v) is 3.85. The molecule has 2 aromatic rings. The number of methoxy groups -OCH3 is 1.